The van der Waals surface area contributed by atoms with Gasteiger partial charge in [0, 0.05) is 12.3 Å². The fourth-order valence-electron chi connectivity index (χ4n) is 2.18. The predicted molar refractivity (Wildman–Crippen MR) is 102 cm³/mol. The van der Waals surface area contributed by atoms with E-state index >= 15 is 0 Å². The zero-order valence-corrected chi connectivity index (χ0v) is 15.2. The van der Waals surface area contributed by atoms with Crippen LogP contribution in [0.3, 0.4) is 0 Å². The first-order valence-corrected chi connectivity index (χ1v) is 9.12. The first kappa shape index (κ1) is 22.4. The van der Waals surface area contributed by atoms with E-state index in [-0.39, 0.29) is 12.3 Å². The maximum Gasteiger partial charge on any atom is 0.303 e. The molecule has 24 heavy (non-hydrogen) atoms. The zero-order chi connectivity index (χ0) is 18.0. The standard InChI is InChI=1S/C21H34O3/c1-3-4-5-6-7-8-9-10-11-12-13-14-16-19(2)20(22)17-15-18-21(23)24/h7-8,10-14,16,19-20,22H,3-6,9,15,17-18H2,1-2H3,(H,23,24)/b8-7-,11-10-,13-12+,16-14+/t19-,20+/m1/s1. The van der Waals surface area contributed by atoms with Gasteiger partial charge in [-0.25, -0.2) is 0 Å². The highest BCUT2D eigenvalue weighted by Crippen LogP contribution is 2.12. The minimum atomic E-state index is -0.809. The summed E-state index contributed by atoms with van der Waals surface area (Å²) in [5.74, 6) is -0.783. The number of carbonyl (C=O) groups is 1. The quantitative estimate of drug-likeness (QED) is 0.253. The van der Waals surface area contributed by atoms with Crippen molar-refractivity contribution in [3.63, 3.8) is 0 Å². The monoisotopic (exact) mass is 334 g/mol. The predicted octanol–water partition coefficient (Wildman–Crippen LogP) is 5.43. The molecule has 0 aliphatic carbocycles. The van der Waals surface area contributed by atoms with Crippen LogP contribution in [0.15, 0.2) is 48.6 Å². The van der Waals surface area contributed by atoms with Crippen LogP contribution in [0.1, 0.15) is 65.2 Å². The lowest BCUT2D eigenvalue weighted by Crippen LogP contribution is -2.15. The Kier molecular flexibility index (Phi) is 15.2. The maximum absolute atomic E-state index is 10.4. The molecule has 0 aromatic rings. The van der Waals surface area contributed by atoms with Crippen molar-refractivity contribution in [3.8, 4) is 0 Å². The minimum Gasteiger partial charge on any atom is -0.481 e. The molecule has 0 bridgehead atoms. The highest BCUT2D eigenvalue weighted by molar-refractivity contribution is 5.66. The Balaban J connectivity index is 3.81. The molecule has 0 rings (SSSR count). The number of hydrogen-bond donors (Lipinski definition) is 2. The average molecular weight is 335 g/mol. The Hall–Kier alpha value is -1.61. The van der Waals surface area contributed by atoms with Crippen LogP contribution in [0.4, 0.5) is 0 Å². The van der Waals surface area contributed by atoms with Gasteiger partial charge < -0.3 is 10.2 Å². The number of carboxylic acid groups (broad SMARTS) is 1. The number of rotatable bonds is 14. The van der Waals surface area contributed by atoms with Gasteiger partial charge in [-0.1, -0.05) is 75.3 Å². The third-order valence-electron chi connectivity index (χ3n) is 3.79. The Morgan fingerprint density at radius 1 is 1.00 bits per heavy atom. The molecule has 2 N–H and O–H groups in total. The van der Waals surface area contributed by atoms with Crippen molar-refractivity contribution in [2.75, 3.05) is 0 Å². The first-order valence-electron chi connectivity index (χ1n) is 9.12. The van der Waals surface area contributed by atoms with Crippen LogP contribution in [0.2, 0.25) is 0 Å². The molecular weight excluding hydrogens is 300 g/mol. The fourth-order valence-corrected chi connectivity index (χ4v) is 2.18. The number of aliphatic hydroxyl groups excluding tert-OH is 1. The van der Waals surface area contributed by atoms with E-state index in [4.69, 9.17) is 5.11 Å². The van der Waals surface area contributed by atoms with Crippen molar-refractivity contribution < 1.29 is 15.0 Å². The highest BCUT2D eigenvalue weighted by Gasteiger charge is 2.11. The lowest BCUT2D eigenvalue weighted by Gasteiger charge is -2.14. The van der Waals surface area contributed by atoms with E-state index in [9.17, 15) is 9.90 Å². The molecule has 0 aliphatic heterocycles. The summed E-state index contributed by atoms with van der Waals surface area (Å²) < 4.78 is 0. The molecule has 0 radical (unpaired) electrons. The third kappa shape index (κ3) is 15.3. The lowest BCUT2D eigenvalue weighted by atomic mass is 9.99. The lowest BCUT2D eigenvalue weighted by molar-refractivity contribution is -0.137. The molecule has 3 nitrogen and oxygen atoms in total. The molecule has 136 valence electrons. The Labute approximate surface area is 147 Å². The van der Waals surface area contributed by atoms with Gasteiger partial charge in [0.1, 0.15) is 0 Å². The molecule has 0 aromatic heterocycles. The molecule has 0 aliphatic rings. The number of allylic oxidation sites excluding steroid dienone is 7. The number of aliphatic carboxylic acids is 1. The van der Waals surface area contributed by atoms with Crippen molar-refractivity contribution in [2.45, 2.75) is 71.3 Å². The summed E-state index contributed by atoms with van der Waals surface area (Å²) >= 11 is 0. The van der Waals surface area contributed by atoms with E-state index in [0.29, 0.717) is 12.8 Å². The normalized spacial score (nSPS) is 15.1. The van der Waals surface area contributed by atoms with Gasteiger partial charge in [0.2, 0.25) is 0 Å². The number of aliphatic hydroxyl groups is 1. The summed E-state index contributed by atoms with van der Waals surface area (Å²) in [5.41, 5.74) is 0. The molecule has 2 atom stereocenters. The fraction of sp³-hybridized carbons (Fsp3) is 0.571. The summed E-state index contributed by atoms with van der Waals surface area (Å²) in [6.45, 7) is 4.16. The highest BCUT2D eigenvalue weighted by atomic mass is 16.4. The molecule has 0 aromatic carbocycles. The van der Waals surface area contributed by atoms with Gasteiger partial charge in [0.05, 0.1) is 6.10 Å². The van der Waals surface area contributed by atoms with Crippen molar-refractivity contribution in [1.82, 2.24) is 0 Å². The summed E-state index contributed by atoms with van der Waals surface area (Å²) in [6.07, 6.45) is 23.0. The second-order valence-corrected chi connectivity index (χ2v) is 6.11. The molecular formula is C21H34O3. The summed E-state index contributed by atoms with van der Waals surface area (Å²) in [5, 5.41) is 18.5. The number of unbranched alkanes of at least 4 members (excludes halogenated alkanes) is 3. The van der Waals surface area contributed by atoms with Crippen LogP contribution in [0, 0.1) is 5.92 Å². The number of hydrogen-bond acceptors (Lipinski definition) is 2. The smallest absolute Gasteiger partial charge is 0.303 e. The van der Waals surface area contributed by atoms with Crippen LogP contribution >= 0.6 is 0 Å². The molecule has 3 heteroatoms. The van der Waals surface area contributed by atoms with E-state index in [0.717, 1.165) is 6.42 Å². The van der Waals surface area contributed by atoms with Crippen molar-refractivity contribution in [1.29, 1.82) is 0 Å². The molecule has 0 heterocycles. The molecule has 0 unspecified atom stereocenters. The van der Waals surface area contributed by atoms with E-state index in [2.05, 4.69) is 25.2 Å². The largest absolute Gasteiger partial charge is 0.481 e. The van der Waals surface area contributed by atoms with Crippen LogP contribution in [0.5, 0.6) is 0 Å². The molecule has 0 amide bonds. The first-order chi connectivity index (χ1) is 11.6. The number of carboxylic acids is 1. The molecule has 0 fully saturated rings. The Morgan fingerprint density at radius 3 is 2.46 bits per heavy atom. The maximum atomic E-state index is 10.4. The van der Waals surface area contributed by atoms with Gasteiger partial charge >= 0.3 is 5.97 Å². The van der Waals surface area contributed by atoms with Crippen LogP contribution in [-0.2, 0) is 4.79 Å². The Morgan fingerprint density at radius 2 is 1.75 bits per heavy atom. The van der Waals surface area contributed by atoms with E-state index in [1.54, 1.807) is 0 Å². The van der Waals surface area contributed by atoms with Crippen LogP contribution in [0.25, 0.3) is 0 Å². The van der Waals surface area contributed by atoms with E-state index in [1.807, 2.05) is 37.3 Å². The minimum absolute atomic E-state index is 0.0264. The summed E-state index contributed by atoms with van der Waals surface area (Å²) in [7, 11) is 0. The van der Waals surface area contributed by atoms with Crippen LogP contribution < -0.4 is 0 Å². The Bertz CT molecular complexity index is 419. The second-order valence-electron chi connectivity index (χ2n) is 6.11. The van der Waals surface area contributed by atoms with Crippen molar-refractivity contribution in [3.05, 3.63) is 48.6 Å². The van der Waals surface area contributed by atoms with E-state index in [1.165, 1.54) is 25.7 Å². The third-order valence-corrected chi connectivity index (χ3v) is 3.79. The van der Waals surface area contributed by atoms with Gasteiger partial charge in [-0.3, -0.25) is 4.79 Å². The summed E-state index contributed by atoms with van der Waals surface area (Å²) in [6, 6.07) is 0. The van der Waals surface area contributed by atoms with Gasteiger partial charge in [0.15, 0.2) is 0 Å². The van der Waals surface area contributed by atoms with E-state index < -0.39 is 12.1 Å². The van der Waals surface area contributed by atoms with Crippen molar-refractivity contribution in [2.24, 2.45) is 5.92 Å². The SMILES string of the molecule is CCCCC/C=C\C\C=C/C=C/C=C/[C@@H](C)[C@@H](O)CCCC(=O)O. The summed E-state index contributed by atoms with van der Waals surface area (Å²) in [4.78, 5) is 10.4. The van der Waals surface area contributed by atoms with Gasteiger partial charge in [0.25, 0.3) is 0 Å². The van der Waals surface area contributed by atoms with Gasteiger partial charge in [-0.05, 0) is 32.1 Å². The van der Waals surface area contributed by atoms with Crippen molar-refractivity contribution >= 4 is 5.97 Å². The molecule has 0 spiro atoms. The molecule has 0 saturated carbocycles. The van der Waals surface area contributed by atoms with Gasteiger partial charge in [-0.15, -0.1) is 0 Å². The van der Waals surface area contributed by atoms with Crippen LogP contribution in [-0.4, -0.2) is 22.3 Å². The second kappa shape index (κ2) is 16.3. The average Bonchev–Trinajstić information content (AvgIpc) is 2.55. The molecule has 0 saturated heterocycles. The van der Waals surface area contributed by atoms with Gasteiger partial charge in [-0.2, -0.15) is 0 Å². The topological polar surface area (TPSA) is 57.5 Å². The zero-order valence-electron chi connectivity index (χ0n) is 15.2.